The highest BCUT2D eigenvalue weighted by atomic mass is 16.5. The molecule has 0 aliphatic rings. The Balaban J connectivity index is 1.75. The summed E-state index contributed by atoms with van der Waals surface area (Å²) in [6, 6.07) is 16.5. The van der Waals surface area contributed by atoms with Gasteiger partial charge in [-0.1, -0.05) is 30.3 Å². The van der Waals surface area contributed by atoms with E-state index in [1.165, 1.54) is 13.2 Å². The maximum atomic E-state index is 12.6. The number of amides is 1. The number of benzene rings is 3. The molecule has 0 heterocycles. The fourth-order valence-corrected chi connectivity index (χ4v) is 2.89. The van der Waals surface area contributed by atoms with E-state index in [0.717, 1.165) is 22.1 Å². The molecule has 0 atom stereocenters. The molecule has 0 fully saturated rings. The van der Waals surface area contributed by atoms with E-state index in [1.807, 2.05) is 30.3 Å². The van der Waals surface area contributed by atoms with Gasteiger partial charge in [0.2, 0.25) is 0 Å². The summed E-state index contributed by atoms with van der Waals surface area (Å²) < 4.78 is 16.0. The highest BCUT2D eigenvalue weighted by molar-refractivity contribution is 6.08. The molecule has 0 unspecified atom stereocenters. The fraction of sp³-hybridized carbons (Fsp3) is 0.167. The van der Waals surface area contributed by atoms with Crippen molar-refractivity contribution in [2.75, 3.05) is 27.9 Å². The summed E-state index contributed by atoms with van der Waals surface area (Å²) in [4.78, 5) is 24.0. The fourth-order valence-electron chi connectivity index (χ4n) is 2.89. The van der Waals surface area contributed by atoms with Crippen molar-refractivity contribution in [3.63, 3.8) is 0 Å². The second-order valence-electron chi connectivity index (χ2n) is 6.50. The van der Waals surface area contributed by atoms with Crippen LogP contribution in [0.4, 0.5) is 0 Å². The smallest absolute Gasteiger partial charge is 0.257 e. The third-order valence-electron chi connectivity index (χ3n) is 4.58. The van der Waals surface area contributed by atoms with Crippen molar-refractivity contribution in [1.29, 1.82) is 0 Å². The van der Waals surface area contributed by atoms with E-state index in [1.54, 1.807) is 44.5 Å². The van der Waals surface area contributed by atoms with Gasteiger partial charge in [0.1, 0.15) is 5.75 Å². The Hall–Kier alpha value is -3.80. The number of carbonyl (C=O) groups excluding carboxylic acids is 2. The summed E-state index contributed by atoms with van der Waals surface area (Å²) in [7, 11) is 4.68. The van der Waals surface area contributed by atoms with Crippen molar-refractivity contribution in [2.24, 2.45) is 0 Å². The Morgan fingerprint density at radius 1 is 0.900 bits per heavy atom. The highest BCUT2D eigenvalue weighted by Crippen LogP contribution is 2.28. The number of hydrogen-bond acceptors (Lipinski definition) is 5. The van der Waals surface area contributed by atoms with Crippen LogP contribution >= 0.6 is 0 Å². The molecule has 30 heavy (non-hydrogen) atoms. The Kier molecular flexibility index (Phi) is 6.70. The largest absolute Gasteiger partial charge is 0.497 e. The molecule has 0 radical (unpaired) electrons. The van der Waals surface area contributed by atoms with E-state index in [2.05, 4.69) is 5.32 Å². The van der Waals surface area contributed by atoms with Crippen molar-refractivity contribution in [2.45, 2.75) is 0 Å². The number of allylic oxidation sites excluding steroid dienone is 1. The van der Waals surface area contributed by atoms with Gasteiger partial charge in [0.25, 0.3) is 5.91 Å². The van der Waals surface area contributed by atoms with Crippen molar-refractivity contribution >= 4 is 28.5 Å². The number of likely N-dealkylation sites (N-methyl/N-ethyl adjacent to an activating group) is 1. The number of ketones is 1. The maximum Gasteiger partial charge on any atom is 0.257 e. The summed E-state index contributed by atoms with van der Waals surface area (Å²) in [5.74, 6) is 1.37. The van der Waals surface area contributed by atoms with Gasteiger partial charge in [0.15, 0.2) is 23.9 Å². The molecule has 6 nitrogen and oxygen atoms in total. The molecule has 0 bridgehead atoms. The summed E-state index contributed by atoms with van der Waals surface area (Å²) in [5, 5.41) is 4.46. The first-order chi connectivity index (χ1) is 14.5. The summed E-state index contributed by atoms with van der Waals surface area (Å²) in [6.45, 7) is -0.103. The van der Waals surface area contributed by atoms with Crippen molar-refractivity contribution in [3.8, 4) is 17.2 Å². The molecule has 0 saturated carbocycles. The lowest BCUT2D eigenvalue weighted by atomic mass is 10.0. The van der Waals surface area contributed by atoms with E-state index in [-0.39, 0.29) is 18.3 Å². The molecule has 154 valence electrons. The van der Waals surface area contributed by atoms with Crippen LogP contribution in [-0.2, 0) is 4.79 Å². The number of carbonyl (C=O) groups is 2. The molecule has 6 heteroatoms. The summed E-state index contributed by atoms with van der Waals surface area (Å²) >= 11 is 0. The van der Waals surface area contributed by atoms with Crippen LogP contribution in [0.25, 0.3) is 16.8 Å². The predicted octanol–water partition coefficient (Wildman–Crippen LogP) is 3.88. The molecule has 0 spiro atoms. The van der Waals surface area contributed by atoms with Crippen molar-refractivity contribution < 1.29 is 23.8 Å². The number of hydrogen-bond donors (Lipinski definition) is 1. The number of methoxy groups -OCH3 is 2. The third-order valence-corrected chi connectivity index (χ3v) is 4.58. The minimum Gasteiger partial charge on any atom is -0.497 e. The Morgan fingerprint density at radius 3 is 2.40 bits per heavy atom. The minimum atomic E-state index is -0.236. The van der Waals surface area contributed by atoms with Crippen LogP contribution < -0.4 is 19.5 Å². The lowest BCUT2D eigenvalue weighted by molar-refractivity contribution is -0.122. The zero-order valence-corrected chi connectivity index (χ0v) is 17.1. The molecule has 0 aliphatic heterocycles. The van der Waals surface area contributed by atoms with E-state index < -0.39 is 0 Å². The summed E-state index contributed by atoms with van der Waals surface area (Å²) in [6.07, 6.45) is 3.23. The van der Waals surface area contributed by atoms with Gasteiger partial charge < -0.3 is 19.5 Å². The van der Waals surface area contributed by atoms with Gasteiger partial charge in [0, 0.05) is 12.6 Å². The normalized spacial score (nSPS) is 10.8. The molecule has 3 aromatic carbocycles. The minimum absolute atomic E-state index is 0.103. The van der Waals surface area contributed by atoms with Gasteiger partial charge in [-0.15, -0.1) is 0 Å². The van der Waals surface area contributed by atoms with Gasteiger partial charge in [-0.2, -0.15) is 0 Å². The second-order valence-corrected chi connectivity index (χ2v) is 6.50. The summed E-state index contributed by atoms with van der Waals surface area (Å²) in [5.41, 5.74) is 1.37. The average Bonchev–Trinajstić information content (AvgIpc) is 2.80. The van der Waals surface area contributed by atoms with Crippen LogP contribution in [0.3, 0.4) is 0 Å². The SMILES string of the molecule is CNC(=O)COc1ccc(C=CC(=O)c2ccc3cc(OC)ccc3c2)cc1OC. The monoisotopic (exact) mass is 405 g/mol. The molecular weight excluding hydrogens is 382 g/mol. The molecule has 3 aromatic rings. The van der Waals surface area contributed by atoms with Crippen LogP contribution in [0, 0.1) is 0 Å². The van der Waals surface area contributed by atoms with Gasteiger partial charge in [-0.25, -0.2) is 0 Å². The topological polar surface area (TPSA) is 73.9 Å². The number of ether oxygens (including phenoxy) is 3. The van der Waals surface area contributed by atoms with Crippen LogP contribution in [-0.4, -0.2) is 39.6 Å². The molecule has 0 aromatic heterocycles. The van der Waals surface area contributed by atoms with Crippen molar-refractivity contribution in [1.82, 2.24) is 5.32 Å². The lowest BCUT2D eigenvalue weighted by Gasteiger charge is -2.10. The van der Waals surface area contributed by atoms with Gasteiger partial charge in [0.05, 0.1) is 14.2 Å². The average molecular weight is 405 g/mol. The zero-order valence-electron chi connectivity index (χ0n) is 17.1. The Morgan fingerprint density at radius 2 is 1.67 bits per heavy atom. The predicted molar refractivity (Wildman–Crippen MR) is 116 cm³/mol. The molecular formula is C24H23NO5. The highest BCUT2D eigenvalue weighted by Gasteiger charge is 2.08. The van der Waals surface area contributed by atoms with E-state index in [9.17, 15) is 9.59 Å². The zero-order chi connectivity index (χ0) is 21.5. The third kappa shape index (κ3) is 4.97. The van der Waals surface area contributed by atoms with Gasteiger partial charge in [-0.3, -0.25) is 9.59 Å². The van der Waals surface area contributed by atoms with E-state index >= 15 is 0 Å². The first kappa shape index (κ1) is 20.9. The molecule has 1 amide bonds. The van der Waals surface area contributed by atoms with Gasteiger partial charge in [-0.05, 0) is 52.7 Å². The van der Waals surface area contributed by atoms with Gasteiger partial charge >= 0.3 is 0 Å². The van der Waals surface area contributed by atoms with Crippen LogP contribution in [0.2, 0.25) is 0 Å². The Bertz CT molecular complexity index is 1100. The van der Waals surface area contributed by atoms with Crippen LogP contribution in [0.15, 0.2) is 60.7 Å². The number of rotatable bonds is 8. The van der Waals surface area contributed by atoms with E-state index in [4.69, 9.17) is 14.2 Å². The second kappa shape index (κ2) is 9.60. The molecule has 0 aliphatic carbocycles. The lowest BCUT2D eigenvalue weighted by Crippen LogP contribution is -2.24. The van der Waals surface area contributed by atoms with Crippen molar-refractivity contribution in [3.05, 3.63) is 71.8 Å². The first-order valence-corrected chi connectivity index (χ1v) is 9.35. The maximum absolute atomic E-state index is 12.6. The van der Waals surface area contributed by atoms with Crippen LogP contribution in [0.1, 0.15) is 15.9 Å². The van der Waals surface area contributed by atoms with E-state index in [0.29, 0.717) is 17.1 Å². The quantitative estimate of drug-likeness (QED) is 0.455. The molecule has 0 saturated heterocycles. The Labute approximate surface area is 175 Å². The van der Waals surface area contributed by atoms with Crippen LogP contribution in [0.5, 0.6) is 17.2 Å². The number of fused-ring (bicyclic) bond motifs is 1. The first-order valence-electron chi connectivity index (χ1n) is 9.35. The molecule has 1 N–H and O–H groups in total. The standard InChI is InChI=1S/C24H23NO5/c1-25-24(27)15-30-22-11-5-16(12-23(22)29-3)4-10-21(26)19-7-6-18-14-20(28-2)9-8-17(18)13-19/h4-14H,15H2,1-3H3,(H,25,27). The number of nitrogens with one attached hydrogen (secondary N) is 1. The molecule has 3 rings (SSSR count).